The minimum atomic E-state index is 0.0304. The maximum Gasteiger partial charge on any atom is 0.187 e. The van der Waals surface area contributed by atoms with Gasteiger partial charge in [0.15, 0.2) is 5.78 Å². The van der Waals surface area contributed by atoms with Gasteiger partial charge in [-0.05, 0) is 44.5 Å². The van der Waals surface area contributed by atoms with Crippen molar-refractivity contribution in [3.63, 3.8) is 0 Å². The second kappa shape index (κ2) is 6.95. The number of pyridine rings is 2. The van der Waals surface area contributed by atoms with E-state index in [0.717, 1.165) is 39.5 Å². The molecule has 0 amide bonds. The van der Waals surface area contributed by atoms with Crippen LogP contribution in [0.15, 0.2) is 67.0 Å². The van der Waals surface area contributed by atoms with Crippen molar-refractivity contribution < 1.29 is 4.79 Å². The van der Waals surface area contributed by atoms with E-state index in [1.807, 2.05) is 65.4 Å². The Bertz CT molecular complexity index is 1410. The van der Waals surface area contributed by atoms with Gasteiger partial charge in [-0.2, -0.15) is 0 Å². The first-order valence-corrected chi connectivity index (χ1v) is 10.0. The number of Topliss-reactive ketones (excluding diaryl/α,β-unsaturated/α-hetero) is 1. The highest BCUT2D eigenvalue weighted by atomic mass is 16.1. The van der Waals surface area contributed by atoms with Crippen LogP contribution in [0.3, 0.4) is 0 Å². The van der Waals surface area contributed by atoms with E-state index >= 15 is 0 Å². The van der Waals surface area contributed by atoms with Gasteiger partial charge >= 0.3 is 0 Å². The SMILES string of the molecule is Cc1ccc(-c2nc3ccc(C)cn3c2CC(=O)c2c(C)nc3ccccn23)cc1. The predicted octanol–water partition coefficient (Wildman–Crippen LogP) is 5.00. The molecule has 0 aliphatic heterocycles. The molecule has 0 unspecified atom stereocenters. The topological polar surface area (TPSA) is 51.7 Å². The number of hydrogen-bond donors (Lipinski definition) is 0. The maximum absolute atomic E-state index is 13.5. The molecule has 0 saturated carbocycles. The van der Waals surface area contributed by atoms with E-state index in [9.17, 15) is 4.79 Å². The highest BCUT2D eigenvalue weighted by molar-refractivity contribution is 5.98. The second-order valence-corrected chi connectivity index (χ2v) is 7.78. The average molecular weight is 394 g/mol. The molecule has 0 aliphatic rings. The second-order valence-electron chi connectivity index (χ2n) is 7.78. The molecule has 5 aromatic rings. The summed E-state index contributed by atoms with van der Waals surface area (Å²) in [4.78, 5) is 22.9. The third-order valence-corrected chi connectivity index (χ3v) is 5.49. The number of fused-ring (bicyclic) bond motifs is 2. The number of hydrogen-bond acceptors (Lipinski definition) is 3. The minimum Gasteiger partial charge on any atom is -0.303 e. The number of carbonyl (C=O) groups excluding carboxylic acids is 1. The van der Waals surface area contributed by atoms with Crippen LogP contribution < -0.4 is 0 Å². The van der Waals surface area contributed by atoms with Crippen molar-refractivity contribution in [3.8, 4) is 11.3 Å². The minimum absolute atomic E-state index is 0.0304. The third kappa shape index (κ3) is 2.99. The molecule has 1 aromatic carbocycles. The fourth-order valence-corrected chi connectivity index (χ4v) is 4.00. The largest absolute Gasteiger partial charge is 0.303 e. The molecule has 0 radical (unpaired) electrons. The number of imidazole rings is 2. The van der Waals surface area contributed by atoms with Crippen LogP contribution in [0.4, 0.5) is 0 Å². The van der Waals surface area contributed by atoms with Crippen LogP contribution in [-0.2, 0) is 6.42 Å². The first-order chi connectivity index (χ1) is 14.5. The van der Waals surface area contributed by atoms with E-state index < -0.39 is 0 Å². The average Bonchev–Trinajstić information content (AvgIpc) is 3.25. The number of aryl methyl sites for hydroxylation is 3. The lowest BCUT2D eigenvalue weighted by Crippen LogP contribution is -2.11. The zero-order valence-corrected chi connectivity index (χ0v) is 17.3. The molecule has 0 spiro atoms. The Morgan fingerprint density at radius 1 is 0.833 bits per heavy atom. The molecule has 0 aliphatic carbocycles. The Balaban J connectivity index is 1.66. The van der Waals surface area contributed by atoms with Gasteiger partial charge in [-0.3, -0.25) is 9.20 Å². The Labute approximate surface area is 174 Å². The number of aromatic nitrogens is 4. The van der Waals surface area contributed by atoms with Gasteiger partial charge in [-0.15, -0.1) is 0 Å². The summed E-state index contributed by atoms with van der Waals surface area (Å²) < 4.78 is 3.92. The smallest absolute Gasteiger partial charge is 0.187 e. The maximum atomic E-state index is 13.5. The molecule has 0 saturated heterocycles. The molecule has 0 N–H and O–H groups in total. The fraction of sp³-hybridized carbons (Fsp3) is 0.160. The molecule has 4 heterocycles. The highest BCUT2D eigenvalue weighted by Crippen LogP contribution is 2.27. The molecular formula is C25H22N4O. The van der Waals surface area contributed by atoms with Crippen molar-refractivity contribution in [3.05, 3.63) is 95.2 Å². The molecule has 148 valence electrons. The van der Waals surface area contributed by atoms with Crippen LogP contribution in [0.1, 0.15) is 33.0 Å². The number of nitrogens with zero attached hydrogens (tertiary/aromatic N) is 4. The van der Waals surface area contributed by atoms with E-state index in [-0.39, 0.29) is 12.2 Å². The summed E-state index contributed by atoms with van der Waals surface area (Å²) in [7, 11) is 0. The summed E-state index contributed by atoms with van der Waals surface area (Å²) in [5.74, 6) is 0.0304. The summed E-state index contributed by atoms with van der Waals surface area (Å²) in [6.07, 6.45) is 4.18. The third-order valence-electron chi connectivity index (χ3n) is 5.49. The van der Waals surface area contributed by atoms with Crippen molar-refractivity contribution in [2.24, 2.45) is 0 Å². The zero-order chi connectivity index (χ0) is 20.8. The van der Waals surface area contributed by atoms with E-state index in [2.05, 4.69) is 36.2 Å². The molecule has 4 aromatic heterocycles. The van der Waals surface area contributed by atoms with Crippen molar-refractivity contribution in [1.82, 2.24) is 18.8 Å². The molecule has 0 atom stereocenters. The Hall–Kier alpha value is -3.73. The van der Waals surface area contributed by atoms with Gasteiger partial charge < -0.3 is 4.40 Å². The molecule has 0 fully saturated rings. The lowest BCUT2D eigenvalue weighted by molar-refractivity contribution is 0.0985. The van der Waals surface area contributed by atoms with Crippen LogP contribution in [0.2, 0.25) is 0 Å². The normalized spacial score (nSPS) is 11.4. The first-order valence-electron chi connectivity index (χ1n) is 10.0. The van der Waals surface area contributed by atoms with Gasteiger partial charge in [0.2, 0.25) is 0 Å². The lowest BCUT2D eigenvalue weighted by Gasteiger charge is -2.07. The molecule has 30 heavy (non-hydrogen) atoms. The van der Waals surface area contributed by atoms with Crippen molar-refractivity contribution in [1.29, 1.82) is 0 Å². The predicted molar refractivity (Wildman–Crippen MR) is 118 cm³/mol. The van der Waals surface area contributed by atoms with Crippen LogP contribution in [-0.4, -0.2) is 24.6 Å². The van der Waals surface area contributed by atoms with Crippen LogP contribution in [0.25, 0.3) is 22.6 Å². The molecule has 5 rings (SSSR count). The first kappa shape index (κ1) is 18.3. The van der Waals surface area contributed by atoms with Crippen LogP contribution in [0, 0.1) is 20.8 Å². The van der Waals surface area contributed by atoms with Gasteiger partial charge in [-0.1, -0.05) is 42.0 Å². The highest BCUT2D eigenvalue weighted by Gasteiger charge is 2.22. The molecular weight excluding hydrogens is 372 g/mol. The van der Waals surface area contributed by atoms with Crippen molar-refractivity contribution in [2.75, 3.05) is 0 Å². The monoisotopic (exact) mass is 394 g/mol. The Morgan fingerprint density at radius 2 is 1.57 bits per heavy atom. The van der Waals surface area contributed by atoms with Crippen LogP contribution in [0.5, 0.6) is 0 Å². The van der Waals surface area contributed by atoms with Crippen molar-refractivity contribution in [2.45, 2.75) is 27.2 Å². The summed E-state index contributed by atoms with van der Waals surface area (Å²) in [6, 6.07) is 18.1. The van der Waals surface area contributed by atoms with E-state index in [4.69, 9.17) is 4.98 Å². The lowest BCUT2D eigenvalue weighted by atomic mass is 10.0. The quantitative estimate of drug-likeness (QED) is 0.403. The fourth-order valence-electron chi connectivity index (χ4n) is 4.00. The Morgan fingerprint density at radius 3 is 2.37 bits per heavy atom. The summed E-state index contributed by atoms with van der Waals surface area (Å²) in [5, 5.41) is 0. The number of benzene rings is 1. The summed E-state index contributed by atoms with van der Waals surface area (Å²) in [5.41, 5.74) is 8.07. The number of rotatable bonds is 4. The summed E-state index contributed by atoms with van der Waals surface area (Å²) in [6.45, 7) is 6.00. The molecule has 5 heteroatoms. The van der Waals surface area contributed by atoms with Gasteiger partial charge in [-0.25, -0.2) is 9.97 Å². The van der Waals surface area contributed by atoms with E-state index in [0.29, 0.717) is 5.69 Å². The van der Waals surface area contributed by atoms with Crippen LogP contribution >= 0.6 is 0 Å². The van der Waals surface area contributed by atoms with Gasteiger partial charge in [0, 0.05) is 18.0 Å². The van der Waals surface area contributed by atoms with Gasteiger partial charge in [0.05, 0.1) is 23.5 Å². The van der Waals surface area contributed by atoms with Gasteiger partial charge in [0.25, 0.3) is 0 Å². The van der Waals surface area contributed by atoms with Gasteiger partial charge in [0.1, 0.15) is 17.0 Å². The number of ketones is 1. The summed E-state index contributed by atoms with van der Waals surface area (Å²) >= 11 is 0. The zero-order valence-electron chi connectivity index (χ0n) is 17.3. The van der Waals surface area contributed by atoms with Crippen molar-refractivity contribution >= 4 is 17.1 Å². The van der Waals surface area contributed by atoms with E-state index in [1.54, 1.807) is 0 Å². The number of carbonyl (C=O) groups is 1. The molecule has 0 bridgehead atoms. The van der Waals surface area contributed by atoms with E-state index in [1.165, 1.54) is 5.56 Å². The Kier molecular flexibility index (Phi) is 4.24. The standard InChI is InChI=1S/C25H22N4O/c1-16-7-10-19(11-8-16)24-20(29-15-17(2)9-12-23(29)27-24)14-21(30)25-18(3)26-22-6-4-5-13-28(22)25/h4-13,15H,14H2,1-3H3. The molecule has 5 nitrogen and oxygen atoms in total.